The number of aliphatic hydroxyl groups excluding tert-OH is 1. The third kappa shape index (κ3) is 5.06. The summed E-state index contributed by atoms with van der Waals surface area (Å²) < 4.78 is 11.4. The maximum absolute atomic E-state index is 9.78. The number of methoxy groups -OCH3 is 1. The lowest BCUT2D eigenvalue weighted by atomic mass is 10.1. The molecule has 1 N–H and O–H groups in total. The zero-order valence-corrected chi connectivity index (χ0v) is 11.9. The Labute approximate surface area is 111 Å². The van der Waals surface area contributed by atoms with Gasteiger partial charge in [-0.1, -0.05) is 13.0 Å². The van der Waals surface area contributed by atoms with Crippen LogP contribution in [-0.2, 0) is 11.2 Å². The summed E-state index contributed by atoms with van der Waals surface area (Å²) in [5, 5.41) is 9.78. The lowest BCUT2D eigenvalue weighted by Gasteiger charge is -2.12. The van der Waals surface area contributed by atoms with E-state index in [4.69, 9.17) is 9.47 Å². The molecular formula is C13H19BrO3. The molecule has 0 aliphatic carbocycles. The first-order valence-electron chi connectivity index (χ1n) is 5.75. The van der Waals surface area contributed by atoms with Crippen LogP contribution in [0, 0.1) is 0 Å². The highest BCUT2D eigenvalue weighted by molar-refractivity contribution is 9.10. The van der Waals surface area contributed by atoms with Crippen LogP contribution in [0.3, 0.4) is 0 Å². The molecule has 96 valence electrons. The molecule has 1 aromatic rings. The standard InChI is InChI=1S/C13H19BrO3/c1-3-6-17-9-11(15)7-10-4-5-13(16-2)12(14)8-10/h4-5,8,11,15H,3,6-7,9H2,1-2H3. The second-order valence-electron chi connectivity index (χ2n) is 3.90. The van der Waals surface area contributed by atoms with Crippen LogP contribution >= 0.6 is 15.9 Å². The Kier molecular flexibility index (Phi) is 6.55. The monoisotopic (exact) mass is 302 g/mol. The van der Waals surface area contributed by atoms with Crippen molar-refractivity contribution < 1.29 is 14.6 Å². The first-order chi connectivity index (χ1) is 8.17. The van der Waals surface area contributed by atoms with Crippen LogP contribution in [0.1, 0.15) is 18.9 Å². The van der Waals surface area contributed by atoms with E-state index in [2.05, 4.69) is 15.9 Å². The zero-order valence-electron chi connectivity index (χ0n) is 10.3. The van der Waals surface area contributed by atoms with Crippen LogP contribution in [-0.4, -0.2) is 31.5 Å². The summed E-state index contributed by atoms with van der Waals surface area (Å²) in [6.45, 7) is 3.13. The summed E-state index contributed by atoms with van der Waals surface area (Å²) >= 11 is 3.42. The first-order valence-corrected chi connectivity index (χ1v) is 6.55. The number of hydrogen-bond acceptors (Lipinski definition) is 3. The van der Waals surface area contributed by atoms with Crippen molar-refractivity contribution in [3.8, 4) is 5.75 Å². The van der Waals surface area contributed by atoms with Crippen LogP contribution in [0.15, 0.2) is 22.7 Å². The molecule has 0 fully saturated rings. The number of benzene rings is 1. The van der Waals surface area contributed by atoms with Gasteiger partial charge in [-0.15, -0.1) is 0 Å². The van der Waals surface area contributed by atoms with Crippen LogP contribution in [0.4, 0.5) is 0 Å². The molecule has 1 atom stereocenters. The van der Waals surface area contributed by atoms with Crippen molar-refractivity contribution >= 4 is 15.9 Å². The molecule has 1 rings (SSSR count). The summed E-state index contributed by atoms with van der Waals surface area (Å²) in [5.74, 6) is 0.797. The van der Waals surface area contributed by atoms with Gasteiger partial charge in [-0.2, -0.15) is 0 Å². The summed E-state index contributed by atoms with van der Waals surface area (Å²) in [4.78, 5) is 0. The van der Waals surface area contributed by atoms with Gasteiger partial charge in [0.1, 0.15) is 5.75 Å². The van der Waals surface area contributed by atoms with E-state index in [1.165, 1.54) is 0 Å². The molecule has 0 bridgehead atoms. The highest BCUT2D eigenvalue weighted by Gasteiger charge is 2.07. The fourth-order valence-corrected chi connectivity index (χ4v) is 2.12. The van der Waals surface area contributed by atoms with Crippen LogP contribution in [0.5, 0.6) is 5.75 Å². The molecule has 4 heteroatoms. The summed E-state index contributed by atoms with van der Waals surface area (Å²) in [6, 6.07) is 5.80. The van der Waals surface area contributed by atoms with Gasteiger partial charge in [0.2, 0.25) is 0 Å². The van der Waals surface area contributed by atoms with Gasteiger partial charge in [0, 0.05) is 13.0 Å². The molecule has 17 heavy (non-hydrogen) atoms. The van der Waals surface area contributed by atoms with Crippen molar-refractivity contribution in [3.05, 3.63) is 28.2 Å². The fourth-order valence-electron chi connectivity index (χ4n) is 1.53. The van der Waals surface area contributed by atoms with E-state index in [-0.39, 0.29) is 0 Å². The topological polar surface area (TPSA) is 38.7 Å². The van der Waals surface area contributed by atoms with E-state index in [9.17, 15) is 5.11 Å². The number of aliphatic hydroxyl groups is 1. The Morgan fingerprint density at radius 2 is 2.18 bits per heavy atom. The smallest absolute Gasteiger partial charge is 0.133 e. The third-order valence-electron chi connectivity index (χ3n) is 2.35. The highest BCUT2D eigenvalue weighted by Crippen LogP contribution is 2.25. The normalized spacial score (nSPS) is 12.5. The minimum absolute atomic E-state index is 0.386. The van der Waals surface area contributed by atoms with Gasteiger partial charge in [0.15, 0.2) is 0 Å². The molecule has 1 unspecified atom stereocenters. The predicted molar refractivity (Wildman–Crippen MR) is 71.5 cm³/mol. The third-order valence-corrected chi connectivity index (χ3v) is 2.97. The Hall–Kier alpha value is -0.580. The largest absolute Gasteiger partial charge is 0.496 e. The SMILES string of the molecule is CCCOCC(O)Cc1ccc(OC)c(Br)c1. The minimum Gasteiger partial charge on any atom is -0.496 e. The quantitative estimate of drug-likeness (QED) is 0.787. The Bertz CT molecular complexity index is 341. The molecule has 0 aliphatic rings. The van der Waals surface area contributed by atoms with E-state index in [0.717, 1.165) is 22.2 Å². The van der Waals surface area contributed by atoms with E-state index >= 15 is 0 Å². The first kappa shape index (κ1) is 14.5. The molecule has 0 aromatic heterocycles. The average molecular weight is 303 g/mol. The summed E-state index contributed by atoms with van der Waals surface area (Å²) in [6.07, 6.45) is 1.11. The molecular weight excluding hydrogens is 284 g/mol. The molecule has 0 spiro atoms. The number of halogens is 1. The van der Waals surface area contributed by atoms with Gasteiger partial charge in [0.05, 0.1) is 24.3 Å². The fraction of sp³-hybridized carbons (Fsp3) is 0.538. The van der Waals surface area contributed by atoms with Crippen LogP contribution in [0.2, 0.25) is 0 Å². The van der Waals surface area contributed by atoms with Gasteiger partial charge in [-0.25, -0.2) is 0 Å². The molecule has 0 aliphatic heterocycles. The Balaban J connectivity index is 2.48. The second-order valence-corrected chi connectivity index (χ2v) is 4.76. The van der Waals surface area contributed by atoms with E-state index in [0.29, 0.717) is 19.6 Å². The van der Waals surface area contributed by atoms with Crippen molar-refractivity contribution in [1.82, 2.24) is 0 Å². The van der Waals surface area contributed by atoms with E-state index in [1.54, 1.807) is 7.11 Å². The summed E-state index contributed by atoms with van der Waals surface area (Å²) in [5.41, 5.74) is 1.06. The van der Waals surface area contributed by atoms with Crippen LogP contribution in [0.25, 0.3) is 0 Å². The van der Waals surface area contributed by atoms with Crippen molar-refractivity contribution in [2.75, 3.05) is 20.3 Å². The molecule has 0 heterocycles. The second kappa shape index (κ2) is 7.69. The number of rotatable bonds is 7. The maximum atomic E-state index is 9.78. The molecule has 0 radical (unpaired) electrons. The average Bonchev–Trinajstić information content (AvgIpc) is 2.29. The van der Waals surface area contributed by atoms with Crippen molar-refractivity contribution in [2.45, 2.75) is 25.9 Å². The van der Waals surface area contributed by atoms with E-state index < -0.39 is 6.10 Å². The lowest BCUT2D eigenvalue weighted by molar-refractivity contribution is 0.0374. The Morgan fingerprint density at radius 1 is 1.41 bits per heavy atom. The van der Waals surface area contributed by atoms with E-state index in [1.807, 2.05) is 25.1 Å². The van der Waals surface area contributed by atoms with Crippen molar-refractivity contribution in [2.24, 2.45) is 0 Å². The molecule has 0 amide bonds. The number of ether oxygens (including phenoxy) is 2. The van der Waals surface area contributed by atoms with Gasteiger partial charge in [-0.3, -0.25) is 0 Å². The minimum atomic E-state index is -0.457. The van der Waals surface area contributed by atoms with Crippen LogP contribution < -0.4 is 4.74 Å². The van der Waals surface area contributed by atoms with Crippen molar-refractivity contribution in [1.29, 1.82) is 0 Å². The van der Waals surface area contributed by atoms with Gasteiger partial charge < -0.3 is 14.6 Å². The highest BCUT2D eigenvalue weighted by atomic mass is 79.9. The molecule has 0 saturated carbocycles. The maximum Gasteiger partial charge on any atom is 0.133 e. The summed E-state index contributed by atoms with van der Waals surface area (Å²) in [7, 11) is 1.63. The van der Waals surface area contributed by atoms with Crippen molar-refractivity contribution in [3.63, 3.8) is 0 Å². The molecule has 0 saturated heterocycles. The number of hydrogen-bond donors (Lipinski definition) is 1. The predicted octanol–water partition coefficient (Wildman–Crippen LogP) is 2.79. The Morgan fingerprint density at radius 3 is 2.76 bits per heavy atom. The van der Waals surface area contributed by atoms with Gasteiger partial charge in [0.25, 0.3) is 0 Å². The molecule has 1 aromatic carbocycles. The zero-order chi connectivity index (χ0) is 12.7. The lowest BCUT2D eigenvalue weighted by Crippen LogP contribution is -2.18. The van der Waals surface area contributed by atoms with Gasteiger partial charge in [-0.05, 0) is 40.0 Å². The molecule has 3 nitrogen and oxygen atoms in total. The van der Waals surface area contributed by atoms with Gasteiger partial charge >= 0.3 is 0 Å².